The van der Waals surface area contributed by atoms with Gasteiger partial charge in [-0.25, -0.2) is 0 Å². The molecule has 2 rings (SSSR count). The van der Waals surface area contributed by atoms with Crippen molar-refractivity contribution in [3.8, 4) is 5.75 Å². The van der Waals surface area contributed by atoms with Crippen LogP contribution in [0.4, 0.5) is 5.69 Å². The molecule has 2 aromatic carbocycles. The molecule has 3 N–H and O–H groups in total. The van der Waals surface area contributed by atoms with E-state index in [0.29, 0.717) is 22.0 Å². The average molecular weight is 383 g/mol. The lowest BCUT2D eigenvalue weighted by molar-refractivity contribution is 0.0921. The van der Waals surface area contributed by atoms with E-state index in [2.05, 4.69) is 31.3 Å². The fraction of sp³-hybridized carbons (Fsp3) is 0.316. The molecule has 136 valence electrons. The molecule has 0 saturated heterocycles. The topological polar surface area (TPSA) is 64.3 Å². The average Bonchev–Trinajstić information content (AvgIpc) is 2.57. The lowest BCUT2D eigenvalue weighted by atomic mass is 9.78. The van der Waals surface area contributed by atoms with E-state index >= 15 is 0 Å². The van der Waals surface area contributed by atoms with Crippen molar-refractivity contribution in [3.05, 3.63) is 58.6 Å². The second-order valence-electron chi connectivity index (χ2n) is 6.36. The van der Waals surface area contributed by atoms with Crippen molar-refractivity contribution < 1.29 is 9.53 Å². The lowest BCUT2D eigenvalue weighted by Gasteiger charge is -2.33. The molecular formula is C19H24Cl2N2O2. The summed E-state index contributed by atoms with van der Waals surface area (Å²) in [5.41, 5.74) is 7.43. The Bertz CT molecular complexity index is 734. The smallest absolute Gasteiger partial charge is 0.255 e. The van der Waals surface area contributed by atoms with Crippen molar-refractivity contribution in [2.45, 2.75) is 32.2 Å². The molecule has 0 aromatic heterocycles. The van der Waals surface area contributed by atoms with Crippen LogP contribution in [-0.4, -0.2) is 19.1 Å². The Morgan fingerprint density at radius 1 is 1.24 bits per heavy atom. The van der Waals surface area contributed by atoms with Crippen LogP contribution < -0.4 is 15.8 Å². The van der Waals surface area contributed by atoms with E-state index in [1.807, 2.05) is 25.1 Å². The highest BCUT2D eigenvalue weighted by atomic mass is 35.5. The third-order valence-corrected chi connectivity index (χ3v) is 4.84. The number of hydrogen-bond acceptors (Lipinski definition) is 3. The quantitative estimate of drug-likeness (QED) is 0.750. The van der Waals surface area contributed by atoms with Crippen LogP contribution in [0.3, 0.4) is 0 Å². The first kappa shape index (κ1) is 21.1. The third-order valence-electron chi connectivity index (χ3n) is 4.51. The molecule has 0 aliphatic carbocycles. The van der Waals surface area contributed by atoms with Gasteiger partial charge in [-0.2, -0.15) is 0 Å². The summed E-state index contributed by atoms with van der Waals surface area (Å²) in [6.07, 6.45) is 0. The van der Waals surface area contributed by atoms with E-state index in [1.165, 1.54) is 13.2 Å². The number of hydrogen-bond donors (Lipinski definition) is 2. The van der Waals surface area contributed by atoms with Crippen LogP contribution in [0.25, 0.3) is 0 Å². The fourth-order valence-corrected chi connectivity index (χ4v) is 2.65. The van der Waals surface area contributed by atoms with Gasteiger partial charge in [-0.3, -0.25) is 4.79 Å². The zero-order valence-corrected chi connectivity index (χ0v) is 16.4. The minimum absolute atomic E-state index is 0. The van der Waals surface area contributed by atoms with E-state index < -0.39 is 0 Å². The van der Waals surface area contributed by atoms with Gasteiger partial charge in [0.15, 0.2) is 0 Å². The number of carbonyl (C=O) groups is 1. The van der Waals surface area contributed by atoms with Crippen LogP contribution in [0.1, 0.15) is 36.7 Å². The zero-order chi connectivity index (χ0) is 17.9. The van der Waals surface area contributed by atoms with Crippen LogP contribution in [0.15, 0.2) is 42.5 Å². The summed E-state index contributed by atoms with van der Waals surface area (Å²) in [7, 11) is 1.50. The maximum Gasteiger partial charge on any atom is 0.255 e. The normalized spacial score (nSPS) is 12.0. The van der Waals surface area contributed by atoms with E-state index in [1.54, 1.807) is 6.07 Å². The van der Waals surface area contributed by atoms with Crippen molar-refractivity contribution in [1.29, 1.82) is 0 Å². The summed E-state index contributed by atoms with van der Waals surface area (Å²) >= 11 is 6.05. The van der Waals surface area contributed by atoms with Crippen LogP contribution in [0.2, 0.25) is 5.02 Å². The minimum atomic E-state index is -0.245. The van der Waals surface area contributed by atoms with Crippen molar-refractivity contribution in [1.82, 2.24) is 5.32 Å². The van der Waals surface area contributed by atoms with Gasteiger partial charge in [0.25, 0.3) is 5.91 Å². The van der Waals surface area contributed by atoms with Crippen LogP contribution >= 0.6 is 24.0 Å². The van der Waals surface area contributed by atoms with Crippen LogP contribution in [-0.2, 0) is 5.41 Å². The number of ether oxygens (including phenoxy) is 1. The number of amides is 1. The Hall–Kier alpha value is -1.91. The van der Waals surface area contributed by atoms with Gasteiger partial charge in [0.1, 0.15) is 5.75 Å². The Morgan fingerprint density at radius 2 is 1.84 bits per heavy atom. The molecule has 1 amide bonds. The first-order valence-corrected chi connectivity index (χ1v) is 8.14. The van der Waals surface area contributed by atoms with Crippen molar-refractivity contribution in [2.75, 3.05) is 12.8 Å². The Balaban J connectivity index is 0.00000312. The van der Waals surface area contributed by atoms with Gasteiger partial charge < -0.3 is 15.8 Å². The van der Waals surface area contributed by atoms with Crippen LogP contribution in [0, 0.1) is 0 Å². The molecule has 0 fully saturated rings. The molecule has 0 aliphatic rings. The second-order valence-corrected chi connectivity index (χ2v) is 6.76. The molecule has 0 saturated carbocycles. The number of methoxy groups -OCH3 is 1. The number of benzene rings is 2. The highest BCUT2D eigenvalue weighted by Gasteiger charge is 2.30. The van der Waals surface area contributed by atoms with Crippen molar-refractivity contribution in [3.63, 3.8) is 0 Å². The molecule has 2 aromatic rings. The first-order valence-electron chi connectivity index (χ1n) is 7.76. The summed E-state index contributed by atoms with van der Waals surface area (Å²) in [5, 5.41) is 3.37. The molecule has 4 nitrogen and oxygen atoms in total. The van der Waals surface area contributed by atoms with Gasteiger partial charge in [0.2, 0.25) is 0 Å². The monoisotopic (exact) mass is 382 g/mol. The molecule has 25 heavy (non-hydrogen) atoms. The van der Waals surface area contributed by atoms with E-state index in [-0.39, 0.29) is 29.8 Å². The van der Waals surface area contributed by atoms with Crippen LogP contribution in [0.5, 0.6) is 5.75 Å². The van der Waals surface area contributed by atoms with E-state index in [0.717, 1.165) is 5.56 Å². The number of halogens is 2. The maximum atomic E-state index is 12.7. The van der Waals surface area contributed by atoms with E-state index in [4.69, 9.17) is 22.1 Å². The highest BCUT2D eigenvalue weighted by molar-refractivity contribution is 6.33. The largest absolute Gasteiger partial charge is 0.496 e. The molecular weight excluding hydrogens is 359 g/mol. The highest BCUT2D eigenvalue weighted by Crippen LogP contribution is 2.30. The number of nitrogens with one attached hydrogen (secondary N) is 1. The van der Waals surface area contributed by atoms with Gasteiger partial charge in [0, 0.05) is 17.5 Å². The lowest BCUT2D eigenvalue weighted by Crippen LogP contribution is -2.45. The van der Waals surface area contributed by atoms with Gasteiger partial charge >= 0.3 is 0 Å². The number of nitrogens with two attached hydrogens (primary N) is 1. The number of rotatable bonds is 5. The molecule has 1 atom stereocenters. The van der Waals surface area contributed by atoms with Gasteiger partial charge in [-0.1, -0.05) is 55.8 Å². The Morgan fingerprint density at radius 3 is 2.40 bits per heavy atom. The van der Waals surface area contributed by atoms with E-state index in [9.17, 15) is 4.79 Å². The maximum absolute atomic E-state index is 12.7. The fourth-order valence-electron chi connectivity index (χ4n) is 2.49. The molecule has 0 aliphatic heterocycles. The van der Waals surface area contributed by atoms with Crippen molar-refractivity contribution in [2.24, 2.45) is 0 Å². The predicted molar refractivity (Wildman–Crippen MR) is 106 cm³/mol. The summed E-state index contributed by atoms with van der Waals surface area (Å²) in [4.78, 5) is 12.7. The molecule has 0 radical (unpaired) electrons. The number of carbonyl (C=O) groups excluding carboxylic acids is 1. The summed E-state index contributed by atoms with van der Waals surface area (Å²) < 4.78 is 5.25. The molecule has 6 heteroatoms. The molecule has 0 heterocycles. The summed E-state index contributed by atoms with van der Waals surface area (Å²) in [6, 6.07) is 13.1. The van der Waals surface area contributed by atoms with Gasteiger partial charge in [-0.05, 0) is 18.6 Å². The molecule has 0 spiro atoms. The summed E-state index contributed by atoms with van der Waals surface area (Å²) in [6.45, 7) is 6.18. The standard InChI is InChI=1S/C19H23ClN2O2.ClH/c1-12(19(2,3)13-8-6-5-7-9-13)22-18(23)14-10-15(20)16(21)11-17(14)24-4;/h5-12H,21H2,1-4H3,(H,22,23);1H. The SMILES string of the molecule is COc1cc(N)c(Cl)cc1C(=O)NC(C)C(C)(C)c1ccccc1.Cl. The Labute approximate surface area is 160 Å². The van der Waals surface area contributed by atoms with Crippen molar-refractivity contribution >= 4 is 35.6 Å². The first-order chi connectivity index (χ1) is 11.3. The molecule has 1 unspecified atom stereocenters. The van der Waals surface area contributed by atoms with Gasteiger partial charge in [0.05, 0.1) is 23.4 Å². The number of anilines is 1. The summed E-state index contributed by atoms with van der Waals surface area (Å²) in [5.74, 6) is 0.157. The minimum Gasteiger partial charge on any atom is -0.496 e. The third kappa shape index (κ3) is 4.59. The van der Waals surface area contributed by atoms with Gasteiger partial charge in [-0.15, -0.1) is 12.4 Å². The Kier molecular flexibility index (Phi) is 7.15. The molecule has 0 bridgehead atoms. The second kappa shape index (κ2) is 8.45. The predicted octanol–water partition coefficient (Wildman–Crippen LogP) is 4.45. The number of nitrogen functional groups attached to an aromatic ring is 1. The zero-order valence-electron chi connectivity index (χ0n) is 14.8.